The van der Waals surface area contributed by atoms with Gasteiger partial charge in [0.1, 0.15) is 13.2 Å². The molecule has 0 atom stereocenters. The van der Waals surface area contributed by atoms with Crippen LogP contribution >= 0.6 is 11.5 Å². The topological polar surface area (TPSA) is 96.4 Å². The molecular weight excluding hydrogens is 247 g/mol. The number of nitrogens with one attached hydrogen (secondary N) is 1. The van der Waals surface area contributed by atoms with Crippen LogP contribution in [0.5, 0.6) is 0 Å². The molecule has 0 amide bonds. The molecule has 6 nitrogen and oxygen atoms in total. The molecule has 4 N–H and O–H groups in total. The summed E-state index contributed by atoms with van der Waals surface area (Å²) in [6, 6.07) is 0. The smallest absolute Gasteiger partial charge is 0.388 e. The summed E-state index contributed by atoms with van der Waals surface area (Å²) in [4.78, 5) is 6.78. The number of anilines is 1. The summed E-state index contributed by atoms with van der Waals surface area (Å²) in [5.74, 6) is -0.242. The molecule has 1 aromatic rings. The Hall–Kier alpha value is -1.42. The summed E-state index contributed by atoms with van der Waals surface area (Å²) >= 11 is 0.861. The number of aromatic nitrogens is 2. The summed E-state index contributed by atoms with van der Waals surface area (Å²) in [6.45, 7) is -1.71. The van der Waals surface area contributed by atoms with Crippen LogP contribution in [0.4, 0.5) is 18.3 Å². The highest BCUT2D eigenvalue weighted by atomic mass is 32.1. The maximum Gasteiger partial charge on any atom is 0.408 e. The van der Waals surface area contributed by atoms with E-state index in [1.807, 2.05) is 0 Å². The van der Waals surface area contributed by atoms with Gasteiger partial charge in [-0.1, -0.05) is 0 Å². The van der Waals surface area contributed by atoms with Gasteiger partial charge in [-0.05, 0) is 0 Å². The van der Waals surface area contributed by atoms with Crippen LogP contribution in [0.3, 0.4) is 0 Å². The number of guanidine groups is 1. The van der Waals surface area contributed by atoms with Crippen molar-refractivity contribution in [2.24, 2.45) is 10.7 Å². The fourth-order valence-corrected chi connectivity index (χ4v) is 1.28. The molecule has 1 heterocycles. The Balaban J connectivity index is 2.53. The third-order valence-corrected chi connectivity index (χ3v) is 1.94. The minimum atomic E-state index is -4.40. The molecule has 0 aliphatic heterocycles. The lowest BCUT2D eigenvalue weighted by atomic mass is 10.6. The molecule has 10 heteroatoms. The van der Waals surface area contributed by atoms with Gasteiger partial charge in [0.25, 0.3) is 0 Å². The van der Waals surface area contributed by atoms with E-state index >= 15 is 0 Å². The van der Waals surface area contributed by atoms with Gasteiger partial charge in [0.15, 0.2) is 11.8 Å². The van der Waals surface area contributed by atoms with Gasteiger partial charge in [0, 0.05) is 11.5 Å². The SMILES string of the molecule is N/C(=N/CC(F)(F)F)Nc1nc(CO)ns1. The second-order valence-electron chi connectivity index (χ2n) is 2.62. The number of hydrogen-bond donors (Lipinski definition) is 3. The molecule has 0 saturated carbocycles. The number of aliphatic hydroxyl groups excluding tert-OH is 1. The summed E-state index contributed by atoms with van der Waals surface area (Å²) in [5, 5.41) is 11.1. The maximum atomic E-state index is 11.8. The zero-order chi connectivity index (χ0) is 12.2. The van der Waals surface area contributed by atoms with Crippen molar-refractivity contribution in [1.29, 1.82) is 0 Å². The van der Waals surface area contributed by atoms with Gasteiger partial charge in [0.2, 0.25) is 5.13 Å². The van der Waals surface area contributed by atoms with E-state index in [9.17, 15) is 13.2 Å². The van der Waals surface area contributed by atoms with Crippen LogP contribution in [0.25, 0.3) is 0 Å². The minimum Gasteiger partial charge on any atom is -0.388 e. The van der Waals surface area contributed by atoms with Gasteiger partial charge in [-0.25, -0.2) is 9.98 Å². The molecule has 0 saturated heterocycles. The highest BCUT2D eigenvalue weighted by molar-refractivity contribution is 7.09. The Labute approximate surface area is 92.2 Å². The molecule has 0 aromatic carbocycles. The second kappa shape index (κ2) is 5.07. The number of aliphatic hydroxyl groups is 1. The molecule has 0 aliphatic rings. The van der Waals surface area contributed by atoms with Crippen LogP contribution in [-0.2, 0) is 6.61 Å². The molecule has 90 valence electrons. The Morgan fingerprint density at radius 1 is 1.56 bits per heavy atom. The van der Waals surface area contributed by atoms with Gasteiger partial charge < -0.3 is 16.2 Å². The standard InChI is InChI=1S/C6H8F3N5OS/c7-6(8,9)2-11-4(10)13-5-12-3(1-15)14-16-5/h15H,1-2H2,(H3,10,11,12,13,14). The van der Waals surface area contributed by atoms with Crippen molar-refractivity contribution in [3.63, 3.8) is 0 Å². The van der Waals surface area contributed by atoms with Crippen molar-refractivity contribution >= 4 is 22.6 Å². The van der Waals surface area contributed by atoms with E-state index in [1.54, 1.807) is 0 Å². The first kappa shape index (κ1) is 12.6. The van der Waals surface area contributed by atoms with Gasteiger partial charge >= 0.3 is 6.18 Å². The molecule has 0 fully saturated rings. The van der Waals surface area contributed by atoms with Crippen molar-refractivity contribution in [2.45, 2.75) is 12.8 Å². The lowest BCUT2D eigenvalue weighted by Gasteiger charge is -2.03. The predicted molar refractivity (Wildman–Crippen MR) is 52.0 cm³/mol. The molecule has 16 heavy (non-hydrogen) atoms. The predicted octanol–water partition coefficient (Wildman–Crippen LogP) is 0.319. The Kier molecular flexibility index (Phi) is 4.01. The highest BCUT2D eigenvalue weighted by Gasteiger charge is 2.26. The lowest BCUT2D eigenvalue weighted by molar-refractivity contribution is -0.118. The first-order valence-electron chi connectivity index (χ1n) is 3.98. The minimum absolute atomic E-state index is 0.163. The Morgan fingerprint density at radius 3 is 2.75 bits per heavy atom. The molecule has 0 spiro atoms. The van der Waals surface area contributed by atoms with Gasteiger partial charge in [0.05, 0.1) is 0 Å². The van der Waals surface area contributed by atoms with E-state index in [1.165, 1.54) is 0 Å². The number of rotatable bonds is 3. The number of alkyl halides is 3. The summed E-state index contributed by atoms with van der Waals surface area (Å²) < 4.78 is 39.0. The van der Waals surface area contributed by atoms with E-state index in [0.717, 1.165) is 11.5 Å². The Bertz CT molecular complexity index is 376. The van der Waals surface area contributed by atoms with Crippen molar-refractivity contribution in [3.05, 3.63) is 5.82 Å². The summed E-state index contributed by atoms with van der Waals surface area (Å²) in [6.07, 6.45) is -4.40. The first-order chi connectivity index (χ1) is 7.40. The Morgan fingerprint density at radius 2 is 2.25 bits per heavy atom. The molecule has 1 aromatic heterocycles. The number of nitrogens with zero attached hydrogens (tertiary/aromatic N) is 3. The largest absolute Gasteiger partial charge is 0.408 e. The van der Waals surface area contributed by atoms with Crippen LogP contribution in [0.1, 0.15) is 5.82 Å². The van der Waals surface area contributed by atoms with Crippen molar-refractivity contribution in [3.8, 4) is 0 Å². The van der Waals surface area contributed by atoms with E-state index in [2.05, 4.69) is 19.7 Å². The van der Waals surface area contributed by atoms with E-state index in [4.69, 9.17) is 10.8 Å². The van der Waals surface area contributed by atoms with E-state index in [0.29, 0.717) is 0 Å². The van der Waals surface area contributed by atoms with E-state index < -0.39 is 18.7 Å². The monoisotopic (exact) mass is 255 g/mol. The summed E-state index contributed by atoms with van der Waals surface area (Å²) in [7, 11) is 0. The normalized spacial score (nSPS) is 12.9. The van der Waals surface area contributed by atoms with Gasteiger partial charge in [-0.15, -0.1) is 0 Å². The van der Waals surface area contributed by atoms with Crippen LogP contribution in [0, 0.1) is 0 Å². The number of aliphatic imine (C=N–C) groups is 1. The molecule has 0 radical (unpaired) electrons. The average Bonchev–Trinajstić information content (AvgIpc) is 2.61. The molecule has 0 aliphatic carbocycles. The van der Waals surface area contributed by atoms with E-state index in [-0.39, 0.29) is 17.6 Å². The number of halogens is 3. The van der Waals surface area contributed by atoms with Crippen LogP contribution < -0.4 is 11.1 Å². The zero-order valence-corrected chi connectivity index (χ0v) is 8.64. The molecule has 0 bridgehead atoms. The van der Waals surface area contributed by atoms with Gasteiger partial charge in [-0.3, -0.25) is 0 Å². The van der Waals surface area contributed by atoms with Crippen molar-refractivity contribution in [2.75, 3.05) is 11.9 Å². The quantitative estimate of drug-likeness (QED) is 0.534. The molecule has 0 unspecified atom stereocenters. The maximum absolute atomic E-state index is 11.8. The second-order valence-corrected chi connectivity index (χ2v) is 3.37. The van der Waals surface area contributed by atoms with Gasteiger partial charge in [-0.2, -0.15) is 17.5 Å². The first-order valence-corrected chi connectivity index (χ1v) is 4.75. The zero-order valence-electron chi connectivity index (χ0n) is 7.82. The average molecular weight is 255 g/mol. The fraction of sp³-hybridized carbons (Fsp3) is 0.500. The third kappa shape index (κ3) is 4.40. The summed E-state index contributed by atoms with van der Waals surface area (Å²) in [5.41, 5.74) is 5.18. The van der Waals surface area contributed by atoms with Crippen LogP contribution in [0.2, 0.25) is 0 Å². The van der Waals surface area contributed by atoms with Crippen LogP contribution in [0.15, 0.2) is 4.99 Å². The molecular formula is C6H8F3N5OS. The molecule has 1 rings (SSSR count). The third-order valence-electron chi connectivity index (χ3n) is 1.27. The van der Waals surface area contributed by atoms with Crippen LogP contribution in [-0.4, -0.2) is 33.1 Å². The lowest BCUT2D eigenvalue weighted by Crippen LogP contribution is -2.25. The number of hydrogen-bond acceptors (Lipinski definition) is 5. The van der Waals surface area contributed by atoms with Crippen molar-refractivity contribution < 1.29 is 18.3 Å². The number of nitrogens with two attached hydrogens (primary N) is 1. The fourth-order valence-electron chi connectivity index (χ4n) is 0.693. The highest BCUT2D eigenvalue weighted by Crippen LogP contribution is 2.14. The van der Waals surface area contributed by atoms with Crippen molar-refractivity contribution in [1.82, 2.24) is 9.36 Å².